The SMILES string of the molecule is COc1ccc(C(C)=O)cc1CC(=O)NCCNC(=O)c1ccc(Cl)cc1. The van der Waals surface area contributed by atoms with Crippen molar-refractivity contribution in [1.82, 2.24) is 10.6 Å². The molecule has 0 aliphatic carbocycles. The van der Waals surface area contributed by atoms with E-state index < -0.39 is 0 Å². The number of ether oxygens (including phenoxy) is 1. The zero-order valence-electron chi connectivity index (χ0n) is 15.2. The van der Waals surface area contributed by atoms with E-state index in [0.29, 0.717) is 27.5 Å². The highest BCUT2D eigenvalue weighted by molar-refractivity contribution is 6.30. The maximum atomic E-state index is 12.1. The maximum Gasteiger partial charge on any atom is 0.251 e. The van der Waals surface area contributed by atoms with Crippen molar-refractivity contribution in [2.45, 2.75) is 13.3 Å². The van der Waals surface area contributed by atoms with Crippen LogP contribution in [0.1, 0.15) is 33.2 Å². The van der Waals surface area contributed by atoms with Crippen molar-refractivity contribution >= 4 is 29.2 Å². The second-order valence-corrected chi connectivity index (χ2v) is 6.31. The van der Waals surface area contributed by atoms with Crippen molar-refractivity contribution < 1.29 is 19.1 Å². The van der Waals surface area contributed by atoms with Gasteiger partial charge in [0.15, 0.2) is 5.78 Å². The fraction of sp³-hybridized carbons (Fsp3) is 0.250. The Morgan fingerprint density at radius 2 is 1.59 bits per heavy atom. The van der Waals surface area contributed by atoms with Crippen LogP contribution in [0.15, 0.2) is 42.5 Å². The first-order valence-electron chi connectivity index (χ1n) is 8.39. The molecule has 0 aliphatic heterocycles. The highest BCUT2D eigenvalue weighted by Gasteiger charge is 2.11. The molecule has 0 aliphatic rings. The minimum atomic E-state index is -0.239. The molecule has 0 heterocycles. The van der Waals surface area contributed by atoms with Crippen molar-refractivity contribution in [3.05, 3.63) is 64.2 Å². The minimum absolute atomic E-state index is 0.0788. The van der Waals surface area contributed by atoms with Crippen molar-refractivity contribution in [2.24, 2.45) is 0 Å². The molecular weight excluding hydrogens is 368 g/mol. The van der Waals surface area contributed by atoms with E-state index in [1.54, 1.807) is 42.5 Å². The van der Waals surface area contributed by atoms with Crippen LogP contribution >= 0.6 is 11.6 Å². The van der Waals surface area contributed by atoms with Gasteiger partial charge in [-0.15, -0.1) is 0 Å². The summed E-state index contributed by atoms with van der Waals surface area (Å²) in [5.41, 5.74) is 1.65. The smallest absolute Gasteiger partial charge is 0.251 e. The summed E-state index contributed by atoms with van der Waals surface area (Å²) in [6.07, 6.45) is 0.0788. The number of hydrogen-bond acceptors (Lipinski definition) is 4. The molecule has 0 spiro atoms. The third kappa shape index (κ3) is 6.11. The Morgan fingerprint density at radius 3 is 2.22 bits per heavy atom. The summed E-state index contributed by atoms with van der Waals surface area (Å²) in [7, 11) is 1.51. The second kappa shape index (κ2) is 9.73. The van der Waals surface area contributed by atoms with Crippen molar-refractivity contribution in [3.63, 3.8) is 0 Å². The Morgan fingerprint density at radius 1 is 0.963 bits per heavy atom. The number of benzene rings is 2. The number of ketones is 1. The minimum Gasteiger partial charge on any atom is -0.496 e. The molecule has 0 saturated carbocycles. The van der Waals surface area contributed by atoms with Gasteiger partial charge in [-0.1, -0.05) is 11.6 Å². The van der Waals surface area contributed by atoms with Crippen LogP contribution in [0.4, 0.5) is 0 Å². The Kier molecular flexibility index (Phi) is 7.37. The number of carbonyl (C=O) groups is 3. The van der Waals surface area contributed by atoms with Crippen LogP contribution in [0, 0.1) is 0 Å². The average molecular weight is 389 g/mol. The van der Waals surface area contributed by atoms with Crippen LogP contribution in [-0.2, 0) is 11.2 Å². The molecular formula is C20H21ClN2O4. The van der Waals surface area contributed by atoms with E-state index in [9.17, 15) is 14.4 Å². The number of methoxy groups -OCH3 is 1. The largest absolute Gasteiger partial charge is 0.496 e. The fourth-order valence-corrected chi connectivity index (χ4v) is 2.58. The number of carbonyl (C=O) groups excluding carboxylic acids is 3. The number of halogens is 1. The van der Waals surface area contributed by atoms with E-state index >= 15 is 0 Å². The molecule has 2 aromatic rings. The molecule has 0 atom stereocenters. The lowest BCUT2D eigenvalue weighted by Crippen LogP contribution is -2.35. The quantitative estimate of drug-likeness (QED) is 0.538. The predicted molar refractivity (Wildman–Crippen MR) is 103 cm³/mol. The van der Waals surface area contributed by atoms with Gasteiger partial charge in [-0.25, -0.2) is 0 Å². The molecule has 27 heavy (non-hydrogen) atoms. The fourth-order valence-electron chi connectivity index (χ4n) is 2.45. The highest BCUT2D eigenvalue weighted by atomic mass is 35.5. The van der Waals surface area contributed by atoms with Gasteiger partial charge >= 0.3 is 0 Å². The van der Waals surface area contributed by atoms with Crippen LogP contribution in [0.5, 0.6) is 5.75 Å². The number of Topliss-reactive ketones (excluding diaryl/α,β-unsaturated/α-hetero) is 1. The van der Waals surface area contributed by atoms with Crippen molar-refractivity contribution in [1.29, 1.82) is 0 Å². The first kappa shape index (κ1) is 20.5. The molecule has 0 unspecified atom stereocenters. The summed E-state index contributed by atoms with van der Waals surface area (Å²) in [5.74, 6) is 0.00176. The summed E-state index contributed by atoms with van der Waals surface area (Å²) in [6.45, 7) is 2.04. The summed E-state index contributed by atoms with van der Waals surface area (Å²) in [5, 5.41) is 6.01. The van der Waals surface area contributed by atoms with Crippen LogP contribution in [-0.4, -0.2) is 37.8 Å². The lowest BCUT2D eigenvalue weighted by Gasteiger charge is -2.11. The Bertz CT molecular complexity index is 834. The molecule has 0 aromatic heterocycles. The molecule has 6 nitrogen and oxygen atoms in total. The lowest BCUT2D eigenvalue weighted by molar-refractivity contribution is -0.120. The molecule has 0 saturated heterocycles. The standard InChI is InChI=1S/C20H21ClN2O4/c1-13(24)15-5-8-18(27-2)16(11-15)12-19(25)22-9-10-23-20(26)14-3-6-17(21)7-4-14/h3-8,11H,9-10,12H2,1-2H3,(H,22,25)(H,23,26). The van der Waals surface area contributed by atoms with E-state index in [4.69, 9.17) is 16.3 Å². The molecule has 142 valence electrons. The van der Waals surface area contributed by atoms with Gasteiger partial charge in [0.25, 0.3) is 5.91 Å². The lowest BCUT2D eigenvalue weighted by atomic mass is 10.0. The number of amides is 2. The van der Waals surface area contributed by atoms with Gasteiger partial charge < -0.3 is 15.4 Å². The van der Waals surface area contributed by atoms with E-state index in [1.165, 1.54) is 14.0 Å². The highest BCUT2D eigenvalue weighted by Crippen LogP contribution is 2.20. The summed E-state index contributed by atoms with van der Waals surface area (Å²) < 4.78 is 5.24. The molecule has 0 fully saturated rings. The first-order chi connectivity index (χ1) is 12.9. The molecule has 2 aromatic carbocycles. The van der Waals surface area contributed by atoms with Crippen molar-refractivity contribution in [3.8, 4) is 5.75 Å². The first-order valence-corrected chi connectivity index (χ1v) is 8.77. The van der Waals surface area contributed by atoms with E-state index in [-0.39, 0.29) is 37.1 Å². The number of hydrogen-bond donors (Lipinski definition) is 2. The molecule has 0 bridgehead atoms. The van der Waals surface area contributed by atoms with Gasteiger partial charge in [-0.2, -0.15) is 0 Å². The van der Waals surface area contributed by atoms with Gasteiger partial charge in [0.05, 0.1) is 13.5 Å². The Labute approximate surface area is 162 Å². The molecule has 0 radical (unpaired) electrons. The van der Waals surface area contributed by atoms with E-state index in [1.807, 2.05) is 0 Å². The van der Waals surface area contributed by atoms with Crippen LogP contribution in [0.2, 0.25) is 5.02 Å². The van der Waals surface area contributed by atoms with E-state index in [2.05, 4.69) is 10.6 Å². The Hall–Kier alpha value is -2.86. The normalized spacial score (nSPS) is 10.2. The predicted octanol–water partition coefficient (Wildman–Crippen LogP) is 2.64. The van der Waals surface area contributed by atoms with Gasteiger partial charge in [0.1, 0.15) is 5.75 Å². The monoisotopic (exact) mass is 388 g/mol. The van der Waals surface area contributed by atoms with Gasteiger partial charge in [-0.3, -0.25) is 14.4 Å². The molecule has 2 N–H and O–H groups in total. The third-order valence-electron chi connectivity index (χ3n) is 3.88. The molecule has 7 heteroatoms. The molecule has 2 rings (SSSR count). The summed E-state index contributed by atoms with van der Waals surface area (Å²) >= 11 is 5.79. The second-order valence-electron chi connectivity index (χ2n) is 5.87. The zero-order chi connectivity index (χ0) is 19.8. The number of rotatable bonds is 8. The van der Waals surface area contributed by atoms with Gasteiger partial charge in [0, 0.05) is 34.8 Å². The van der Waals surface area contributed by atoms with Crippen LogP contribution < -0.4 is 15.4 Å². The number of nitrogens with one attached hydrogen (secondary N) is 2. The van der Waals surface area contributed by atoms with Crippen molar-refractivity contribution in [2.75, 3.05) is 20.2 Å². The summed E-state index contributed by atoms with van der Waals surface area (Å²) in [4.78, 5) is 35.6. The van der Waals surface area contributed by atoms with Gasteiger partial charge in [0.2, 0.25) is 5.91 Å². The van der Waals surface area contributed by atoms with E-state index in [0.717, 1.165) is 0 Å². The zero-order valence-corrected chi connectivity index (χ0v) is 15.9. The topological polar surface area (TPSA) is 84.5 Å². The van der Waals surface area contributed by atoms with Crippen LogP contribution in [0.3, 0.4) is 0 Å². The van der Waals surface area contributed by atoms with Gasteiger partial charge in [-0.05, 0) is 49.4 Å². The average Bonchev–Trinajstić information content (AvgIpc) is 2.65. The molecule has 2 amide bonds. The Balaban J connectivity index is 1.82. The van der Waals surface area contributed by atoms with Crippen LogP contribution in [0.25, 0.3) is 0 Å². The third-order valence-corrected chi connectivity index (χ3v) is 4.13. The summed E-state index contributed by atoms with van der Waals surface area (Å²) in [6, 6.07) is 11.5. The maximum absolute atomic E-state index is 12.1.